The molecule has 3 aliphatic heterocycles. The van der Waals surface area contributed by atoms with E-state index in [0.717, 1.165) is 0 Å². The third kappa shape index (κ3) is 5.76. The molecule has 8 nitrogen and oxygen atoms in total. The van der Waals surface area contributed by atoms with Crippen LogP contribution < -0.4 is 0 Å². The Hall–Kier alpha value is -0.363. The summed E-state index contributed by atoms with van der Waals surface area (Å²) < 4.78 is 39.2. The van der Waals surface area contributed by atoms with Crippen molar-refractivity contribution in [2.45, 2.75) is 159 Å². The van der Waals surface area contributed by atoms with E-state index < -0.39 is 62.3 Å². The smallest absolute Gasteiger partial charge is 0.222 e. The van der Waals surface area contributed by atoms with Crippen LogP contribution in [-0.2, 0) is 28.1 Å². The van der Waals surface area contributed by atoms with Gasteiger partial charge in [0, 0.05) is 0 Å². The molecule has 0 aromatic carbocycles. The van der Waals surface area contributed by atoms with Gasteiger partial charge in [-0.25, -0.2) is 0 Å². The maximum atomic E-state index is 11.9. The first-order valence-corrected chi connectivity index (χ1v) is 17.1. The molecule has 0 aromatic heterocycles. The Balaban J connectivity index is 2.04. The first-order valence-electron chi connectivity index (χ1n) is 14.2. The lowest BCUT2D eigenvalue weighted by molar-refractivity contribution is -0.321. The van der Waals surface area contributed by atoms with E-state index in [1.54, 1.807) is 6.08 Å². The molecular formula is C28H52O8Si. The van der Waals surface area contributed by atoms with Gasteiger partial charge in [-0.1, -0.05) is 54.5 Å². The highest BCUT2D eigenvalue weighted by Crippen LogP contribution is 2.51. The fourth-order valence-corrected chi connectivity index (χ4v) is 6.69. The quantitative estimate of drug-likeness (QED) is 0.261. The minimum Gasteiger partial charge on any atom is -0.408 e. The fraction of sp³-hybridized carbons (Fsp3) is 0.929. The third-order valence-electron chi connectivity index (χ3n) is 9.13. The molecule has 3 aliphatic rings. The lowest BCUT2D eigenvalue weighted by Crippen LogP contribution is -2.55. The van der Waals surface area contributed by atoms with E-state index in [-0.39, 0.29) is 11.5 Å². The summed E-state index contributed by atoms with van der Waals surface area (Å²) in [6.45, 7) is 23.2. The highest BCUT2D eigenvalue weighted by molar-refractivity contribution is 6.74. The Kier molecular flexibility index (Phi) is 9.48. The minimum absolute atomic E-state index is 0.0707. The van der Waals surface area contributed by atoms with E-state index in [2.05, 4.69) is 54.3 Å². The van der Waals surface area contributed by atoms with E-state index in [1.807, 2.05) is 13.8 Å². The zero-order valence-corrected chi connectivity index (χ0v) is 25.5. The molecule has 0 bridgehead atoms. The second-order valence-corrected chi connectivity index (χ2v) is 17.1. The Bertz CT molecular complexity index is 775. The maximum Gasteiger partial charge on any atom is 0.222 e. The first-order chi connectivity index (χ1) is 17.2. The van der Waals surface area contributed by atoms with Gasteiger partial charge in [0.05, 0.1) is 6.61 Å². The normalized spacial score (nSPS) is 34.9. The lowest BCUT2D eigenvalue weighted by atomic mass is 9.95. The molecule has 7 atom stereocenters. The van der Waals surface area contributed by atoms with E-state index >= 15 is 0 Å². The second kappa shape index (κ2) is 11.3. The molecule has 0 unspecified atom stereocenters. The average molecular weight is 545 g/mol. The summed E-state index contributed by atoms with van der Waals surface area (Å²) in [7, 11) is -2.33. The van der Waals surface area contributed by atoms with Gasteiger partial charge >= 0.3 is 0 Å². The van der Waals surface area contributed by atoms with Crippen molar-refractivity contribution in [3.05, 3.63) is 12.7 Å². The van der Waals surface area contributed by atoms with E-state index in [0.29, 0.717) is 38.7 Å². The summed E-state index contributed by atoms with van der Waals surface area (Å²) in [4.78, 5) is 0. The largest absolute Gasteiger partial charge is 0.408 e. The number of aliphatic hydroxyl groups is 2. The van der Waals surface area contributed by atoms with Gasteiger partial charge in [-0.2, -0.15) is 0 Å². The van der Waals surface area contributed by atoms with Crippen molar-refractivity contribution in [3.63, 3.8) is 0 Å². The number of allylic oxidation sites excluding steroid dienone is 1. The molecule has 0 radical (unpaired) electrons. The molecular weight excluding hydrogens is 492 g/mol. The standard InChI is InChI=1S/C28H52O8Si/c1-11-16-17-20(29)28(30)24-23(33-27(14-4,15-5)35-24)22(34-28)21(36-37(9,10)25(6,7)8)19-18-31-26(12-2,13-3)32-19/h11,19-24,29-30H,1,12-18H2,2-10H3/t19-,20-,21-,22+,23-,24-,28+/m1/s1. The molecule has 0 amide bonds. The van der Waals surface area contributed by atoms with Crippen molar-refractivity contribution in [1.82, 2.24) is 0 Å². The minimum atomic E-state index is -2.33. The van der Waals surface area contributed by atoms with Crippen molar-refractivity contribution in [2.75, 3.05) is 6.61 Å². The Morgan fingerprint density at radius 2 is 1.59 bits per heavy atom. The summed E-state index contributed by atoms with van der Waals surface area (Å²) in [5.41, 5.74) is 0. The van der Waals surface area contributed by atoms with E-state index in [1.165, 1.54) is 0 Å². The van der Waals surface area contributed by atoms with Crippen LogP contribution in [0.25, 0.3) is 0 Å². The Labute approximate surface area is 225 Å². The highest BCUT2D eigenvalue weighted by Gasteiger charge is 2.69. The molecule has 216 valence electrons. The van der Waals surface area contributed by atoms with Gasteiger partial charge in [0.25, 0.3) is 0 Å². The Morgan fingerprint density at radius 3 is 2.08 bits per heavy atom. The molecule has 3 saturated heterocycles. The van der Waals surface area contributed by atoms with Crippen LogP contribution >= 0.6 is 0 Å². The van der Waals surface area contributed by atoms with Crippen LogP contribution in [0.4, 0.5) is 0 Å². The number of hydrogen-bond acceptors (Lipinski definition) is 8. The summed E-state index contributed by atoms with van der Waals surface area (Å²) in [6, 6.07) is 0. The average Bonchev–Trinajstić information content (AvgIpc) is 3.53. The maximum absolute atomic E-state index is 11.9. The molecule has 0 spiro atoms. The van der Waals surface area contributed by atoms with Crippen LogP contribution in [0.3, 0.4) is 0 Å². The van der Waals surface area contributed by atoms with E-state index in [4.69, 9.17) is 28.1 Å². The molecule has 9 heteroatoms. The molecule has 3 fully saturated rings. The molecule has 37 heavy (non-hydrogen) atoms. The monoisotopic (exact) mass is 544 g/mol. The molecule has 3 rings (SSSR count). The predicted octanol–water partition coefficient (Wildman–Crippen LogP) is 5.02. The third-order valence-corrected chi connectivity index (χ3v) is 13.6. The Morgan fingerprint density at radius 1 is 1.00 bits per heavy atom. The summed E-state index contributed by atoms with van der Waals surface area (Å²) in [5.74, 6) is -3.50. The molecule has 0 saturated carbocycles. The van der Waals surface area contributed by atoms with Gasteiger partial charge in [0.2, 0.25) is 5.79 Å². The number of rotatable bonds is 12. The van der Waals surface area contributed by atoms with Crippen molar-refractivity contribution in [1.29, 1.82) is 0 Å². The van der Waals surface area contributed by atoms with Gasteiger partial charge in [0.15, 0.2) is 19.9 Å². The molecule has 0 aromatic rings. The van der Waals surface area contributed by atoms with Crippen molar-refractivity contribution >= 4 is 8.32 Å². The van der Waals surface area contributed by atoms with E-state index in [9.17, 15) is 10.2 Å². The van der Waals surface area contributed by atoms with Crippen LogP contribution in [0, 0.1) is 0 Å². The number of ether oxygens (including phenoxy) is 5. The zero-order chi connectivity index (χ0) is 27.9. The van der Waals surface area contributed by atoms with Gasteiger partial charge in [0.1, 0.15) is 36.6 Å². The van der Waals surface area contributed by atoms with Gasteiger partial charge in [-0.3, -0.25) is 0 Å². The summed E-state index contributed by atoms with van der Waals surface area (Å²) in [6.07, 6.45) is 0.748. The van der Waals surface area contributed by atoms with Crippen LogP contribution in [0.15, 0.2) is 12.7 Å². The van der Waals surface area contributed by atoms with Crippen molar-refractivity contribution in [3.8, 4) is 0 Å². The SMILES string of the molecule is C=CCC[C@@H](O)[C@]1(O)O[C@@H]([C@H](O[Si](C)(C)C(C)(C)C)[C@H]2COC(CC)(CC)O2)[C@H]2OC(CC)(CC)O[C@H]21. The van der Waals surface area contributed by atoms with Crippen LogP contribution in [0.1, 0.15) is 87.0 Å². The molecule has 0 aliphatic carbocycles. The lowest BCUT2D eigenvalue weighted by Gasteiger charge is -2.43. The van der Waals surface area contributed by atoms with Gasteiger partial charge in [-0.05, 0) is 56.7 Å². The number of fused-ring (bicyclic) bond motifs is 1. The molecule has 2 N–H and O–H groups in total. The topological polar surface area (TPSA) is 95.8 Å². The predicted molar refractivity (Wildman–Crippen MR) is 145 cm³/mol. The van der Waals surface area contributed by atoms with Crippen LogP contribution in [0.5, 0.6) is 0 Å². The van der Waals surface area contributed by atoms with Gasteiger partial charge in [-0.15, -0.1) is 6.58 Å². The number of aliphatic hydroxyl groups excluding tert-OH is 1. The van der Waals surface area contributed by atoms with Crippen LogP contribution in [0.2, 0.25) is 18.1 Å². The molecule has 3 heterocycles. The summed E-state index contributed by atoms with van der Waals surface area (Å²) >= 11 is 0. The van der Waals surface area contributed by atoms with Crippen molar-refractivity contribution in [2.24, 2.45) is 0 Å². The first kappa shape index (κ1) is 31.2. The highest BCUT2D eigenvalue weighted by atomic mass is 28.4. The van der Waals surface area contributed by atoms with Gasteiger partial charge < -0.3 is 38.3 Å². The summed E-state index contributed by atoms with van der Waals surface area (Å²) in [5, 5.41) is 22.9. The fourth-order valence-electron chi connectivity index (χ4n) is 5.37. The van der Waals surface area contributed by atoms with Crippen molar-refractivity contribution < 1.29 is 38.3 Å². The number of hydrogen-bond donors (Lipinski definition) is 2. The van der Waals surface area contributed by atoms with Crippen LogP contribution in [-0.4, -0.2) is 79.1 Å². The zero-order valence-electron chi connectivity index (χ0n) is 24.5. The second-order valence-electron chi connectivity index (χ2n) is 12.4.